The third kappa shape index (κ3) is 11.0. The van der Waals surface area contributed by atoms with Crippen LogP contribution in [0.25, 0.3) is 0 Å². The molecule has 76 valence electrons. The van der Waals surface area contributed by atoms with E-state index >= 15 is 0 Å². The van der Waals surface area contributed by atoms with Gasteiger partial charge in [0.05, 0.1) is 0 Å². The summed E-state index contributed by atoms with van der Waals surface area (Å²) >= 11 is 0. The molecule has 0 saturated heterocycles. The van der Waals surface area contributed by atoms with Gasteiger partial charge in [0.2, 0.25) is 0 Å². The fraction of sp³-hybridized carbons (Fsp3) is 0.500. The maximum atomic E-state index is 9.02. The van der Waals surface area contributed by atoms with Crippen LogP contribution in [-0.2, 0) is 0 Å². The number of aliphatic hydroxyl groups excluding tert-OH is 1. The summed E-state index contributed by atoms with van der Waals surface area (Å²) in [5.41, 5.74) is 1.99. The standard InChI is InChI=1S/C9H14O.C3H8/c1-5-9(10)6-8(4)7(2)3;1-3-2/h5-6,10H,2H2,1,3-4H3;3H2,1-2H3/b8-6-,9-5+;. The van der Waals surface area contributed by atoms with Gasteiger partial charge in [-0.25, -0.2) is 0 Å². The minimum absolute atomic E-state index is 0.292. The zero-order valence-electron chi connectivity index (χ0n) is 9.52. The molecule has 0 radical (unpaired) electrons. The van der Waals surface area contributed by atoms with Crippen molar-refractivity contribution in [1.82, 2.24) is 0 Å². The predicted molar refractivity (Wildman–Crippen MR) is 60.9 cm³/mol. The molecule has 0 spiro atoms. The minimum Gasteiger partial charge on any atom is -0.508 e. The number of rotatable bonds is 2. The fourth-order valence-electron chi connectivity index (χ4n) is 0.428. The van der Waals surface area contributed by atoms with Gasteiger partial charge in [0.15, 0.2) is 0 Å². The Bertz CT molecular complexity index is 197. The summed E-state index contributed by atoms with van der Waals surface area (Å²) in [6.45, 7) is 13.6. The Morgan fingerprint density at radius 1 is 1.31 bits per heavy atom. The van der Waals surface area contributed by atoms with Crippen molar-refractivity contribution in [3.63, 3.8) is 0 Å². The van der Waals surface area contributed by atoms with E-state index in [4.69, 9.17) is 5.11 Å². The van der Waals surface area contributed by atoms with Gasteiger partial charge < -0.3 is 5.11 Å². The second-order valence-electron chi connectivity index (χ2n) is 3.03. The molecule has 0 aromatic carbocycles. The SMILES string of the molecule is C=C(C)/C(C)=C\C(O)=C/C.CCC. The zero-order valence-corrected chi connectivity index (χ0v) is 9.52. The lowest BCUT2D eigenvalue weighted by molar-refractivity contribution is 0.430. The Morgan fingerprint density at radius 2 is 1.69 bits per heavy atom. The van der Waals surface area contributed by atoms with Crippen LogP contribution in [0.5, 0.6) is 0 Å². The Balaban J connectivity index is 0. The van der Waals surface area contributed by atoms with Crippen molar-refractivity contribution < 1.29 is 5.11 Å². The molecule has 0 fully saturated rings. The molecule has 0 aliphatic rings. The van der Waals surface area contributed by atoms with Gasteiger partial charge in [-0.05, 0) is 38.5 Å². The monoisotopic (exact) mass is 182 g/mol. The molecule has 13 heavy (non-hydrogen) atoms. The molecule has 0 unspecified atom stereocenters. The summed E-state index contributed by atoms with van der Waals surface area (Å²) in [4.78, 5) is 0. The van der Waals surface area contributed by atoms with Crippen molar-refractivity contribution in [3.05, 3.63) is 35.6 Å². The molecule has 1 nitrogen and oxygen atoms in total. The van der Waals surface area contributed by atoms with Crippen molar-refractivity contribution in [2.24, 2.45) is 0 Å². The molecule has 0 aliphatic carbocycles. The first-order valence-corrected chi connectivity index (χ1v) is 4.68. The second-order valence-corrected chi connectivity index (χ2v) is 3.03. The molecule has 0 saturated carbocycles. The lowest BCUT2D eigenvalue weighted by Crippen LogP contribution is -1.79. The molecule has 0 bridgehead atoms. The van der Waals surface area contributed by atoms with Crippen LogP contribution >= 0.6 is 0 Å². The van der Waals surface area contributed by atoms with E-state index in [2.05, 4.69) is 20.4 Å². The molecule has 0 aromatic rings. The third-order valence-corrected chi connectivity index (χ3v) is 1.33. The van der Waals surface area contributed by atoms with E-state index in [9.17, 15) is 0 Å². The van der Waals surface area contributed by atoms with Crippen LogP contribution in [0.1, 0.15) is 41.0 Å². The summed E-state index contributed by atoms with van der Waals surface area (Å²) < 4.78 is 0. The molecule has 0 atom stereocenters. The largest absolute Gasteiger partial charge is 0.508 e. The molecule has 1 heteroatoms. The fourth-order valence-corrected chi connectivity index (χ4v) is 0.428. The van der Waals surface area contributed by atoms with Crippen LogP contribution in [0.3, 0.4) is 0 Å². The number of aliphatic hydroxyl groups is 1. The van der Waals surface area contributed by atoms with Crippen molar-refractivity contribution in [3.8, 4) is 0 Å². The zero-order chi connectivity index (χ0) is 10.9. The van der Waals surface area contributed by atoms with Gasteiger partial charge in [-0.2, -0.15) is 0 Å². The highest BCUT2D eigenvalue weighted by Gasteiger charge is 1.89. The summed E-state index contributed by atoms with van der Waals surface area (Å²) in [5, 5.41) is 9.02. The van der Waals surface area contributed by atoms with Gasteiger partial charge in [-0.3, -0.25) is 0 Å². The van der Waals surface area contributed by atoms with E-state index < -0.39 is 0 Å². The van der Waals surface area contributed by atoms with Crippen LogP contribution in [0.15, 0.2) is 35.6 Å². The Morgan fingerprint density at radius 3 is 1.92 bits per heavy atom. The summed E-state index contributed by atoms with van der Waals surface area (Å²) in [5.74, 6) is 0.292. The first-order valence-electron chi connectivity index (χ1n) is 4.68. The number of hydrogen-bond donors (Lipinski definition) is 1. The summed E-state index contributed by atoms with van der Waals surface area (Å²) in [6, 6.07) is 0. The van der Waals surface area contributed by atoms with Crippen molar-refractivity contribution in [1.29, 1.82) is 0 Å². The molecular weight excluding hydrogens is 160 g/mol. The Labute approximate surface area is 82.5 Å². The van der Waals surface area contributed by atoms with Crippen LogP contribution in [0.4, 0.5) is 0 Å². The van der Waals surface area contributed by atoms with Crippen molar-refractivity contribution >= 4 is 0 Å². The average Bonchev–Trinajstić information content (AvgIpc) is 2.05. The maximum absolute atomic E-state index is 9.02. The third-order valence-electron chi connectivity index (χ3n) is 1.33. The molecule has 0 heterocycles. The van der Waals surface area contributed by atoms with Gasteiger partial charge in [0.25, 0.3) is 0 Å². The Kier molecular flexibility index (Phi) is 10.2. The van der Waals surface area contributed by atoms with Gasteiger partial charge in [-0.15, -0.1) is 0 Å². The molecule has 0 aromatic heterocycles. The topological polar surface area (TPSA) is 20.2 Å². The second kappa shape index (κ2) is 9.11. The quantitative estimate of drug-likeness (QED) is 0.496. The van der Waals surface area contributed by atoms with Crippen LogP contribution < -0.4 is 0 Å². The highest BCUT2D eigenvalue weighted by Crippen LogP contribution is 2.07. The first kappa shape index (κ1) is 14.5. The van der Waals surface area contributed by atoms with Crippen molar-refractivity contribution in [2.75, 3.05) is 0 Å². The van der Waals surface area contributed by atoms with Crippen molar-refractivity contribution in [2.45, 2.75) is 41.0 Å². The van der Waals surface area contributed by atoms with Crippen LogP contribution in [0, 0.1) is 0 Å². The Hall–Kier alpha value is -0.980. The van der Waals surface area contributed by atoms with E-state index in [0.717, 1.165) is 11.1 Å². The summed E-state index contributed by atoms with van der Waals surface area (Å²) in [6.07, 6.45) is 4.59. The lowest BCUT2D eigenvalue weighted by atomic mass is 10.1. The van der Waals surface area contributed by atoms with E-state index in [-0.39, 0.29) is 0 Å². The number of hydrogen-bond acceptors (Lipinski definition) is 1. The van der Waals surface area contributed by atoms with Gasteiger partial charge >= 0.3 is 0 Å². The molecule has 0 rings (SSSR count). The highest BCUT2D eigenvalue weighted by atomic mass is 16.3. The first-order chi connectivity index (χ1) is 5.99. The number of allylic oxidation sites excluding steroid dienone is 4. The maximum Gasteiger partial charge on any atom is 0.111 e. The highest BCUT2D eigenvalue weighted by molar-refractivity contribution is 5.29. The van der Waals surface area contributed by atoms with E-state index in [1.54, 1.807) is 19.1 Å². The molecule has 0 aliphatic heterocycles. The average molecular weight is 182 g/mol. The van der Waals surface area contributed by atoms with Crippen LogP contribution in [0.2, 0.25) is 0 Å². The molecule has 0 amide bonds. The van der Waals surface area contributed by atoms with Gasteiger partial charge in [-0.1, -0.05) is 32.4 Å². The van der Waals surface area contributed by atoms with E-state index in [1.807, 2.05) is 13.8 Å². The molecule has 1 N–H and O–H groups in total. The lowest BCUT2D eigenvalue weighted by Gasteiger charge is -1.96. The molecular formula is C12H22O. The smallest absolute Gasteiger partial charge is 0.111 e. The normalized spacial score (nSPS) is 11.8. The summed E-state index contributed by atoms with van der Waals surface area (Å²) in [7, 11) is 0. The van der Waals surface area contributed by atoms with Gasteiger partial charge in [0, 0.05) is 0 Å². The van der Waals surface area contributed by atoms with E-state index in [0.29, 0.717) is 5.76 Å². The van der Waals surface area contributed by atoms with Gasteiger partial charge in [0.1, 0.15) is 5.76 Å². The van der Waals surface area contributed by atoms with Crippen LogP contribution in [-0.4, -0.2) is 5.11 Å². The minimum atomic E-state index is 0.292. The van der Waals surface area contributed by atoms with E-state index in [1.165, 1.54) is 6.42 Å². The predicted octanol–water partition coefficient (Wildman–Crippen LogP) is 4.39.